The van der Waals surface area contributed by atoms with Gasteiger partial charge in [-0.2, -0.15) is 0 Å². The predicted molar refractivity (Wildman–Crippen MR) is 145 cm³/mol. The number of fused-ring (bicyclic) bond motifs is 2. The maximum atomic E-state index is 13.1. The average molecular weight is 488 g/mol. The van der Waals surface area contributed by atoms with Crippen LogP contribution in [0.5, 0.6) is 0 Å². The molecule has 2 aromatic carbocycles. The summed E-state index contributed by atoms with van der Waals surface area (Å²) in [5.74, 6) is 0.939. The standard InChI is InChI=1S/C30H41N5O/c1-33(21-29-27-8-4-5-9-28(27)31-32-29)25-15-18-34(19-16-25)26-12-10-23(11-13-26)30(36)35-17-14-22-6-2-3-7-24(22)20-35/h2-3,6-7,10-13,25,27-29,31-32H,4-5,8-9,14-21H2,1H3. The van der Waals surface area contributed by atoms with E-state index in [1.807, 2.05) is 17.0 Å². The molecule has 1 aliphatic carbocycles. The van der Waals surface area contributed by atoms with Crippen LogP contribution in [0.1, 0.15) is 60.0 Å². The van der Waals surface area contributed by atoms with Crippen molar-refractivity contribution in [2.24, 2.45) is 5.92 Å². The molecule has 36 heavy (non-hydrogen) atoms. The summed E-state index contributed by atoms with van der Waals surface area (Å²) in [6.45, 7) is 4.80. The molecule has 3 heterocycles. The van der Waals surface area contributed by atoms with Crippen LogP contribution in [0.25, 0.3) is 0 Å². The molecule has 0 radical (unpaired) electrons. The van der Waals surface area contributed by atoms with Gasteiger partial charge in [-0.1, -0.05) is 37.1 Å². The SMILES string of the molecule is CN(CC1NNC2CCCCC21)C1CCN(c2ccc(C(=O)N3CCc4ccccc4C3)cc2)CC1. The molecule has 0 bridgehead atoms. The molecule has 6 nitrogen and oxygen atoms in total. The van der Waals surface area contributed by atoms with Gasteiger partial charge < -0.3 is 14.7 Å². The van der Waals surface area contributed by atoms with Crippen molar-refractivity contribution in [1.82, 2.24) is 20.7 Å². The van der Waals surface area contributed by atoms with Gasteiger partial charge in [-0.3, -0.25) is 15.6 Å². The number of hydrazine groups is 1. The Kier molecular flexibility index (Phi) is 7.00. The van der Waals surface area contributed by atoms with Gasteiger partial charge in [0.05, 0.1) is 0 Å². The van der Waals surface area contributed by atoms with Crippen molar-refractivity contribution in [2.75, 3.05) is 38.1 Å². The summed E-state index contributed by atoms with van der Waals surface area (Å²) in [5, 5.41) is 0. The fourth-order valence-electron chi connectivity index (χ4n) is 7.01. The van der Waals surface area contributed by atoms with Crippen LogP contribution < -0.4 is 15.8 Å². The fourth-order valence-corrected chi connectivity index (χ4v) is 7.01. The number of anilines is 1. The van der Waals surface area contributed by atoms with Crippen LogP contribution in [-0.4, -0.2) is 67.1 Å². The fraction of sp³-hybridized carbons (Fsp3) is 0.567. The van der Waals surface area contributed by atoms with Crippen molar-refractivity contribution < 1.29 is 4.79 Å². The van der Waals surface area contributed by atoms with Gasteiger partial charge in [0.1, 0.15) is 0 Å². The van der Waals surface area contributed by atoms with E-state index in [1.54, 1.807) is 0 Å². The zero-order chi connectivity index (χ0) is 24.5. The number of carbonyl (C=O) groups is 1. The molecule has 6 heteroatoms. The van der Waals surface area contributed by atoms with Gasteiger partial charge in [-0.25, -0.2) is 0 Å². The molecule has 2 N–H and O–H groups in total. The highest BCUT2D eigenvalue weighted by Gasteiger charge is 2.38. The highest BCUT2D eigenvalue weighted by molar-refractivity contribution is 5.94. The van der Waals surface area contributed by atoms with Crippen molar-refractivity contribution in [2.45, 2.75) is 69.6 Å². The smallest absolute Gasteiger partial charge is 0.254 e. The van der Waals surface area contributed by atoms with Crippen LogP contribution in [0, 0.1) is 5.92 Å². The topological polar surface area (TPSA) is 50.9 Å². The molecule has 3 aliphatic heterocycles. The second kappa shape index (κ2) is 10.5. The first kappa shape index (κ1) is 24.0. The number of nitrogens with zero attached hydrogens (tertiary/aromatic N) is 3. The average Bonchev–Trinajstić information content (AvgIpc) is 3.35. The molecule has 4 aliphatic rings. The Hall–Kier alpha value is -2.41. The molecule has 3 atom stereocenters. The number of hydrogen-bond donors (Lipinski definition) is 2. The van der Waals surface area contributed by atoms with Crippen LogP contribution >= 0.6 is 0 Å². The number of nitrogens with one attached hydrogen (secondary N) is 2. The second-order valence-electron chi connectivity index (χ2n) is 11.4. The normalized spacial score (nSPS) is 26.7. The number of carbonyl (C=O) groups excluding carboxylic acids is 1. The van der Waals surface area contributed by atoms with Crippen molar-refractivity contribution in [3.63, 3.8) is 0 Å². The van der Waals surface area contributed by atoms with E-state index >= 15 is 0 Å². The Morgan fingerprint density at radius 3 is 2.47 bits per heavy atom. The molecule has 6 rings (SSSR count). The molecule has 1 amide bonds. The van der Waals surface area contributed by atoms with Crippen molar-refractivity contribution in [3.8, 4) is 0 Å². The number of piperidine rings is 1. The quantitative estimate of drug-likeness (QED) is 0.672. The summed E-state index contributed by atoms with van der Waals surface area (Å²) in [6, 6.07) is 18.7. The lowest BCUT2D eigenvalue weighted by atomic mass is 9.81. The van der Waals surface area contributed by atoms with Gasteiger partial charge in [0, 0.05) is 62.1 Å². The first-order chi connectivity index (χ1) is 17.7. The third kappa shape index (κ3) is 4.91. The molecule has 0 spiro atoms. The number of amides is 1. The lowest BCUT2D eigenvalue weighted by Crippen LogP contribution is -2.48. The minimum Gasteiger partial charge on any atom is -0.371 e. The highest BCUT2D eigenvalue weighted by Crippen LogP contribution is 2.31. The zero-order valence-corrected chi connectivity index (χ0v) is 21.7. The molecular formula is C30H41N5O. The van der Waals surface area contributed by atoms with Gasteiger partial charge in [0.2, 0.25) is 0 Å². The summed E-state index contributed by atoms with van der Waals surface area (Å²) in [4.78, 5) is 20.2. The molecule has 0 aromatic heterocycles. The maximum absolute atomic E-state index is 13.1. The Morgan fingerprint density at radius 2 is 1.67 bits per heavy atom. The largest absolute Gasteiger partial charge is 0.371 e. The third-order valence-corrected chi connectivity index (χ3v) is 9.26. The number of benzene rings is 2. The van der Waals surface area contributed by atoms with Gasteiger partial charge in [0.25, 0.3) is 5.91 Å². The minimum atomic E-state index is 0.145. The summed E-state index contributed by atoms with van der Waals surface area (Å²) in [7, 11) is 2.32. The first-order valence-corrected chi connectivity index (χ1v) is 14.1. The van der Waals surface area contributed by atoms with Crippen LogP contribution in [0.15, 0.2) is 48.5 Å². The second-order valence-corrected chi connectivity index (χ2v) is 11.4. The number of rotatable bonds is 5. The molecule has 2 aromatic rings. The van der Waals surface area contributed by atoms with E-state index < -0.39 is 0 Å². The summed E-state index contributed by atoms with van der Waals surface area (Å²) < 4.78 is 0. The van der Waals surface area contributed by atoms with E-state index in [4.69, 9.17) is 0 Å². The van der Waals surface area contributed by atoms with Gasteiger partial charge in [-0.15, -0.1) is 0 Å². The zero-order valence-electron chi connectivity index (χ0n) is 21.7. The van der Waals surface area contributed by atoms with Crippen LogP contribution in [0.4, 0.5) is 5.69 Å². The number of hydrogen-bond acceptors (Lipinski definition) is 5. The van der Waals surface area contributed by atoms with E-state index in [0.717, 1.165) is 44.1 Å². The molecule has 192 valence electrons. The van der Waals surface area contributed by atoms with E-state index in [-0.39, 0.29) is 5.91 Å². The van der Waals surface area contributed by atoms with Crippen LogP contribution in [0.2, 0.25) is 0 Å². The Labute approximate surface area is 216 Å². The molecule has 3 fully saturated rings. The Balaban J connectivity index is 1.00. The van der Waals surface area contributed by atoms with E-state index in [2.05, 4.69) is 64.1 Å². The lowest BCUT2D eigenvalue weighted by molar-refractivity contribution is 0.0734. The van der Waals surface area contributed by atoms with E-state index in [0.29, 0.717) is 24.7 Å². The van der Waals surface area contributed by atoms with Crippen LogP contribution in [-0.2, 0) is 13.0 Å². The maximum Gasteiger partial charge on any atom is 0.254 e. The van der Waals surface area contributed by atoms with Crippen molar-refractivity contribution in [3.05, 3.63) is 65.2 Å². The number of likely N-dealkylation sites (N-methyl/N-ethyl adjacent to an activating group) is 1. The Morgan fingerprint density at radius 1 is 0.917 bits per heavy atom. The summed E-state index contributed by atoms with van der Waals surface area (Å²) in [6.07, 6.45) is 8.78. The first-order valence-electron chi connectivity index (χ1n) is 14.1. The molecule has 3 unspecified atom stereocenters. The van der Waals surface area contributed by atoms with Gasteiger partial charge in [0.15, 0.2) is 0 Å². The van der Waals surface area contributed by atoms with Crippen molar-refractivity contribution >= 4 is 11.6 Å². The summed E-state index contributed by atoms with van der Waals surface area (Å²) >= 11 is 0. The molecule has 1 saturated carbocycles. The lowest BCUT2D eigenvalue weighted by Gasteiger charge is -2.39. The third-order valence-electron chi connectivity index (χ3n) is 9.26. The van der Waals surface area contributed by atoms with Gasteiger partial charge in [-0.05, 0) is 80.5 Å². The predicted octanol–water partition coefficient (Wildman–Crippen LogP) is 3.82. The van der Waals surface area contributed by atoms with Gasteiger partial charge >= 0.3 is 0 Å². The van der Waals surface area contributed by atoms with E-state index in [9.17, 15) is 4.79 Å². The Bertz CT molecular complexity index is 1050. The molecule has 2 saturated heterocycles. The highest BCUT2D eigenvalue weighted by atomic mass is 16.2. The van der Waals surface area contributed by atoms with E-state index in [1.165, 1.54) is 55.3 Å². The molecular weight excluding hydrogens is 446 g/mol. The summed E-state index contributed by atoms with van der Waals surface area (Å²) in [5.41, 5.74) is 11.9. The van der Waals surface area contributed by atoms with Crippen molar-refractivity contribution in [1.29, 1.82) is 0 Å². The monoisotopic (exact) mass is 487 g/mol. The minimum absolute atomic E-state index is 0.145. The van der Waals surface area contributed by atoms with Crippen LogP contribution in [0.3, 0.4) is 0 Å².